The van der Waals surface area contributed by atoms with Crippen LogP contribution in [0.4, 0.5) is 0 Å². The van der Waals surface area contributed by atoms with Crippen molar-refractivity contribution >= 4 is 28.6 Å². The first kappa shape index (κ1) is 18.3. The summed E-state index contributed by atoms with van der Waals surface area (Å²) in [4.78, 5) is 36.5. The van der Waals surface area contributed by atoms with Crippen LogP contribution < -0.4 is 16.0 Å². The zero-order valence-electron chi connectivity index (χ0n) is 15.4. The van der Waals surface area contributed by atoms with Gasteiger partial charge in [-0.25, -0.2) is 4.79 Å². The van der Waals surface area contributed by atoms with E-state index in [4.69, 9.17) is 9.25 Å². The van der Waals surface area contributed by atoms with Crippen molar-refractivity contribution in [1.29, 1.82) is 0 Å². The molecule has 144 valence electrons. The average molecular weight is 389 g/mol. The molecule has 1 aliphatic carbocycles. The maximum absolute atomic E-state index is 12.6. The van der Waals surface area contributed by atoms with Gasteiger partial charge in [0.2, 0.25) is 5.71 Å². The Labute approximate surface area is 160 Å². The first-order chi connectivity index (χ1) is 13.0. The van der Waals surface area contributed by atoms with E-state index >= 15 is 0 Å². The van der Waals surface area contributed by atoms with Gasteiger partial charge < -0.3 is 9.25 Å². The molecular weight excluding hydrogens is 366 g/mol. The average Bonchev–Trinajstić information content (AvgIpc) is 3.37. The molecule has 0 radical (unpaired) electrons. The monoisotopic (exact) mass is 389 g/mol. The highest BCUT2D eigenvalue weighted by Crippen LogP contribution is 2.49. The van der Waals surface area contributed by atoms with Crippen molar-refractivity contribution < 1.29 is 9.25 Å². The topological polar surface area (TPSA) is 97.5 Å². The summed E-state index contributed by atoms with van der Waals surface area (Å²) in [5.41, 5.74) is 1.20. The van der Waals surface area contributed by atoms with E-state index in [9.17, 15) is 9.59 Å². The number of nitrogens with one attached hydrogen (secondary N) is 1. The molecule has 0 bridgehead atoms. The zero-order valence-corrected chi connectivity index (χ0v) is 16.2. The van der Waals surface area contributed by atoms with Crippen LogP contribution in [0.25, 0.3) is 11.1 Å². The molecule has 1 saturated carbocycles. The van der Waals surface area contributed by atoms with Crippen LogP contribution in [-0.4, -0.2) is 27.2 Å². The molecule has 0 aromatic carbocycles. The molecule has 1 saturated heterocycles. The molecule has 0 amide bonds. The molecule has 2 aromatic heterocycles. The highest BCUT2D eigenvalue weighted by atomic mass is 32.2. The van der Waals surface area contributed by atoms with Crippen molar-refractivity contribution in [2.45, 2.75) is 51.9 Å². The summed E-state index contributed by atoms with van der Waals surface area (Å²) in [6, 6.07) is 1.35. The first-order valence-electron chi connectivity index (χ1n) is 9.40. The first-order valence-corrected chi connectivity index (χ1v) is 10.6. The fourth-order valence-electron chi connectivity index (χ4n) is 3.34. The summed E-state index contributed by atoms with van der Waals surface area (Å²) in [6.45, 7) is 2.27. The Balaban J connectivity index is 1.58. The largest absolute Gasteiger partial charge is 0.403 e. The van der Waals surface area contributed by atoms with E-state index in [2.05, 4.69) is 22.0 Å². The van der Waals surface area contributed by atoms with E-state index in [1.807, 2.05) is 11.8 Å². The van der Waals surface area contributed by atoms with Crippen LogP contribution in [0.2, 0.25) is 0 Å². The normalized spacial score (nSPS) is 18.5. The van der Waals surface area contributed by atoms with Crippen LogP contribution in [0.5, 0.6) is 6.01 Å². The minimum atomic E-state index is -0.505. The van der Waals surface area contributed by atoms with E-state index in [0.29, 0.717) is 22.8 Å². The van der Waals surface area contributed by atoms with Gasteiger partial charge in [-0.15, -0.1) is 0 Å². The maximum atomic E-state index is 12.6. The van der Waals surface area contributed by atoms with Crippen molar-refractivity contribution in [3.63, 3.8) is 0 Å². The van der Waals surface area contributed by atoms with Crippen molar-refractivity contribution in [1.82, 2.24) is 9.97 Å². The number of hydrogen-bond acceptors (Lipinski definition) is 7. The van der Waals surface area contributed by atoms with Crippen LogP contribution in [-0.2, 0) is 6.42 Å². The molecule has 8 heteroatoms. The molecule has 3 heterocycles. The third kappa shape index (κ3) is 4.43. The van der Waals surface area contributed by atoms with Crippen molar-refractivity contribution in [2.24, 2.45) is 10.6 Å². The van der Waals surface area contributed by atoms with Crippen LogP contribution in [0, 0.1) is 5.41 Å². The predicted octanol–water partition coefficient (Wildman–Crippen LogP) is 3.26. The standard InChI is InChI=1S/C19H23N3O4S/c1-19(7-8-19)6-2-3-12-11-14(23)25-17-15(12)16(24)20-18(21-17)26-22-13-4-9-27-10-5-13/h11H,2-10H2,1H3,(H,20,21,24). The Morgan fingerprint density at radius 2 is 2.11 bits per heavy atom. The number of thioether (sulfide) groups is 1. The van der Waals surface area contributed by atoms with Crippen LogP contribution in [0.3, 0.4) is 0 Å². The molecular formula is C19H23N3O4S. The van der Waals surface area contributed by atoms with E-state index in [1.165, 1.54) is 18.9 Å². The van der Waals surface area contributed by atoms with Gasteiger partial charge in [-0.2, -0.15) is 16.7 Å². The van der Waals surface area contributed by atoms with Crippen LogP contribution >= 0.6 is 11.8 Å². The number of oxime groups is 1. The van der Waals surface area contributed by atoms with E-state index in [0.717, 1.165) is 42.9 Å². The Morgan fingerprint density at radius 1 is 1.33 bits per heavy atom. The lowest BCUT2D eigenvalue weighted by atomic mass is 9.98. The van der Waals surface area contributed by atoms with Gasteiger partial charge in [0, 0.05) is 6.07 Å². The number of aryl methyl sites for hydroxylation is 1. The molecule has 2 fully saturated rings. The Bertz CT molecular complexity index is 983. The lowest BCUT2D eigenvalue weighted by Gasteiger charge is -2.11. The summed E-state index contributed by atoms with van der Waals surface area (Å²) >= 11 is 1.88. The van der Waals surface area contributed by atoms with E-state index < -0.39 is 5.63 Å². The minimum absolute atomic E-state index is 0.00767. The molecule has 0 unspecified atom stereocenters. The molecule has 27 heavy (non-hydrogen) atoms. The zero-order chi connectivity index (χ0) is 18.9. The van der Waals surface area contributed by atoms with Crippen LogP contribution in [0.1, 0.15) is 51.0 Å². The number of nitrogens with zero attached hydrogens (tertiary/aromatic N) is 2. The summed E-state index contributed by atoms with van der Waals surface area (Å²) < 4.78 is 5.16. The smallest absolute Gasteiger partial charge is 0.337 e. The van der Waals surface area contributed by atoms with Crippen molar-refractivity contribution in [2.75, 3.05) is 11.5 Å². The second-order valence-corrected chi connectivity index (χ2v) is 8.89. The third-order valence-electron chi connectivity index (χ3n) is 5.34. The quantitative estimate of drug-likeness (QED) is 0.762. The van der Waals surface area contributed by atoms with Gasteiger partial charge >= 0.3 is 11.6 Å². The maximum Gasteiger partial charge on any atom is 0.337 e. The van der Waals surface area contributed by atoms with Gasteiger partial charge in [0.25, 0.3) is 5.56 Å². The summed E-state index contributed by atoms with van der Waals surface area (Å²) in [7, 11) is 0. The Morgan fingerprint density at radius 3 is 2.85 bits per heavy atom. The van der Waals surface area contributed by atoms with Crippen molar-refractivity contribution in [3.8, 4) is 6.01 Å². The molecule has 2 aromatic rings. The van der Waals surface area contributed by atoms with E-state index in [1.54, 1.807) is 0 Å². The molecule has 4 rings (SSSR count). The van der Waals surface area contributed by atoms with Gasteiger partial charge in [0.15, 0.2) is 0 Å². The number of H-pyrrole nitrogens is 1. The Hall–Kier alpha value is -2.09. The second-order valence-electron chi connectivity index (χ2n) is 7.67. The van der Waals surface area contributed by atoms with Crippen molar-refractivity contribution in [3.05, 3.63) is 32.4 Å². The third-order valence-corrected chi connectivity index (χ3v) is 6.32. The summed E-state index contributed by atoms with van der Waals surface area (Å²) in [6.07, 6.45) is 6.92. The van der Waals surface area contributed by atoms with Gasteiger partial charge in [-0.1, -0.05) is 12.1 Å². The molecule has 1 N–H and O–H groups in total. The predicted molar refractivity (Wildman–Crippen MR) is 106 cm³/mol. The molecule has 7 nitrogen and oxygen atoms in total. The van der Waals surface area contributed by atoms with E-state index in [-0.39, 0.29) is 17.3 Å². The Kier molecular flexibility index (Phi) is 5.08. The SMILES string of the molecule is CC1(CCCc2cc(=O)oc3nc(ON=C4CCSCC4)[nH]c(=O)c23)CC1. The van der Waals surface area contributed by atoms with Gasteiger partial charge in [-0.05, 0) is 67.4 Å². The molecule has 2 aliphatic rings. The summed E-state index contributed by atoms with van der Waals surface area (Å²) in [5.74, 6) is 2.03. The lowest BCUT2D eigenvalue weighted by Crippen LogP contribution is -2.15. The highest BCUT2D eigenvalue weighted by molar-refractivity contribution is 7.99. The number of hydrogen-bond donors (Lipinski definition) is 1. The molecule has 0 spiro atoms. The minimum Gasteiger partial charge on any atom is -0.403 e. The number of aromatic nitrogens is 2. The second kappa shape index (κ2) is 7.50. The summed E-state index contributed by atoms with van der Waals surface area (Å²) in [5, 5.41) is 4.40. The fourth-order valence-corrected chi connectivity index (χ4v) is 4.31. The fraction of sp³-hybridized carbons (Fsp3) is 0.579. The number of fused-ring (bicyclic) bond motifs is 1. The van der Waals surface area contributed by atoms with Gasteiger partial charge in [-0.3, -0.25) is 9.78 Å². The van der Waals surface area contributed by atoms with Gasteiger partial charge in [0.05, 0.1) is 5.71 Å². The molecule has 0 atom stereocenters. The lowest BCUT2D eigenvalue weighted by molar-refractivity contribution is 0.309. The molecule has 1 aliphatic heterocycles. The van der Waals surface area contributed by atoms with Crippen LogP contribution in [0.15, 0.2) is 25.2 Å². The highest BCUT2D eigenvalue weighted by Gasteiger charge is 2.36. The number of aromatic amines is 1. The number of rotatable bonds is 6. The van der Waals surface area contributed by atoms with Gasteiger partial charge in [0.1, 0.15) is 5.39 Å².